The number of esters is 1. The maximum absolute atomic E-state index is 13.0. The third kappa shape index (κ3) is 4.60. The van der Waals surface area contributed by atoms with E-state index in [0.717, 1.165) is 24.8 Å². The molecule has 0 saturated carbocycles. The standard InChI is InChI=1S/C16H24FNO2/c1-5-6-7-14(12-8-10-13(17)11-9-12)18-16(2,3)15(19)20-4/h8-11,14,18H,5-7H2,1-4H3. The number of rotatable bonds is 7. The molecule has 0 aliphatic carbocycles. The third-order valence-corrected chi connectivity index (χ3v) is 3.35. The molecule has 1 unspecified atom stereocenters. The van der Waals surface area contributed by atoms with Crippen molar-refractivity contribution >= 4 is 5.97 Å². The molecule has 0 fully saturated rings. The number of hydrogen-bond acceptors (Lipinski definition) is 3. The average molecular weight is 281 g/mol. The third-order valence-electron chi connectivity index (χ3n) is 3.35. The Labute approximate surface area is 120 Å². The van der Waals surface area contributed by atoms with E-state index in [2.05, 4.69) is 12.2 Å². The van der Waals surface area contributed by atoms with Crippen molar-refractivity contribution in [2.75, 3.05) is 7.11 Å². The SMILES string of the molecule is CCCCC(NC(C)(C)C(=O)OC)c1ccc(F)cc1. The molecule has 0 saturated heterocycles. The van der Waals surface area contributed by atoms with Crippen molar-refractivity contribution in [3.63, 3.8) is 0 Å². The number of benzene rings is 1. The molecule has 0 aliphatic rings. The quantitative estimate of drug-likeness (QED) is 0.776. The minimum absolute atomic E-state index is 0.00431. The summed E-state index contributed by atoms with van der Waals surface area (Å²) in [7, 11) is 1.38. The van der Waals surface area contributed by atoms with Gasteiger partial charge in [-0.25, -0.2) is 4.39 Å². The summed E-state index contributed by atoms with van der Waals surface area (Å²) in [4.78, 5) is 11.8. The Hall–Kier alpha value is -1.42. The lowest BCUT2D eigenvalue weighted by Gasteiger charge is -2.30. The zero-order chi connectivity index (χ0) is 15.2. The molecule has 0 amide bonds. The second-order valence-electron chi connectivity index (χ2n) is 5.51. The maximum Gasteiger partial charge on any atom is 0.325 e. The van der Waals surface area contributed by atoms with E-state index in [9.17, 15) is 9.18 Å². The molecule has 1 rings (SSSR count). The molecule has 0 aromatic heterocycles. The number of unbranched alkanes of at least 4 members (excludes halogenated alkanes) is 1. The van der Waals surface area contributed by atoms with Crippen LogP contribution in [0.3, 0.4) is 0 Å². The van der Waals surface area contributed by atoms with Crippen LogP contribution in [0.15, 0.2) is 24.3 Å². The monoisotopic (exact) mass is 281 g/mol. The molecule has 0 bridgehead atoms. The van der Waals surface area contributed by atoms with Gasteiger partial charge in [-0.05, 0) is 38.0 Å². The van der Waals surface area contributed by atoms with Gasteiger partial charge in [0.05, 0.1) is 7.11 Å². The number of halogens is 1. The van der Waals surface area contributed by atoms with Gasteiger partial charge in [0.2, 0.25) is 0 Å². The molecule has 1 aromatic rings. The highest BCUT2D eigenvalue weighted by Crippen LogP contribution is 2.23. The number of carbonyl (C=O) groups is 1. The summed E-state index contributed by atoms with van der Waals surface area (Å²) in [6.45, 7) is 5.70. The van der Waals surface area contributed by atoms with Gasteiger partial charge in [0, 0.05) is 6.04 Å². The molecule has 112 valence electrons. The number of hydrogen-bond donors (Lipinski definition) is 1. The lowest BCUT2D eigenvalue weighted by atomic mass is 9.96. The van der Waals surface area contributed by atoms with Crippen molar-refractivity contribution in [1.29, 1.82) is 0 Å². The second-order valence-corrected chi connectivity index (χ2v) is 5.51. The molecule has 1 N–H and O–H groups in total. The predicted octanol–water partition coefficient (Wildman–Crippen LogP) is 3.60. The Kier molecular flexibility index (Phi) is 6.14. The summed E-state index contributed by atoms with van der Waals surface area (Å²) >= 11 is 0. The van der Waals surface area contributed by atoms with Crippen LogP contribution in [0.5, 0.6) is 0 Å². The number of methoxy groups -OCH3 is 1. The van der Waals surface area contributed by atoms with Gasteiger partial charge in [-0.3, -0.25) is 10.1 Å². The molecule has 0 spiro atoms. The van der Waals surface area contributed by atoms with Crippen molar-refractivity contribution in [3.05, 3.63) is 35.6 Å². The van der Waals surface area contributed by atoms with Crippen molar-refractivity contribution in [2.45, 2.75) is 51.6 Å². The molecule has 3 nitrogen and oxygen atoms in total. The lowest BCUT2D eigenvalue weighted by Crippen LogP contribution is -2.49. The Bertz CT molecular complexity index is 429. The normalized spacial score (nSPS) is 13.1. The summed E-state index contributed by atoms with van der Waals surface area (Å²) in [5.74, 6) is -0.559. The van der Waals surface area contributed by atoms with Crippen molar-refractivity contribution < 1.29 is 13.9 Å². The van der Waals surface area contributed by atoms with E-state index in [4.69, 9.17) is 4.74 Å². The fraction of sp³-hybridized carbons (Fsp3) is 0.562. The smallest absolute Gasteiger partial charge is 0.325 e. The van der Waals surface area contributed by atoms with Crippen LogP contribution in [-0.2, 0) is 9.53 Å². The highest BCUT2D eigenvalue weighted by molar-refractivity contribution is 5.79. The van der Waals surface area contributed by atoms with Gasteiger partial charge in [0.25, 0.3) is 0 Å². The van der Waals surface area contributed by atoms with Crippen LogP contribution >= 0.6 is 0 Å². The van der Waals surface area contributed by atoms with Crippen LogP contribution in [-0.4, -0.2) is 18.6 Å². The van der Waals surface area contributed by atoms with Crippen LogP contribution in [0.2, 0.25) is 0 Å². The number of nitrogens with one attached hydrogen (secondary N) is 1. The zero-order valence-corrected chi connectivity index (χ0v) is 12.7. The highest BCUT2D eigenvalue weighted by Gasteiger charge is 2.31. The van der Waals surface area contributed by atoms with E-state index in [0.29, 0.717) is 0 Å². The number of ether oxygens (including phenoxy) is 1. The van der Waals surface area contributed by atoms with Crippen LogP contribution in [0.1, 0.15) is 51.6 Å². The van der Waals surface area contributed by atoms with Gasteiger partial charge in [0.15, 0.2) is 0 Å². The summed E-state index contributed by atoms with van der Waals surface area (Å²) in [6.07, 6.45) is 2.99. The fourth-order valence-electron chi connectivity index (χ4n) is 2.18. The van der Waals surface area contributed by atoms with E-state index < -0.39 is 5.54 Å². The topological polar surface area (TPSA) is 38.3 Å². The maximum atomic E-state index is 13.0. The van der Waals surface area contributed by atoms with E-state index in [1.807, 2.05) is 0 Å². The minimum Gasteiger partial charge on any atom is -0.468 e. The highest BCUT2D eigenvalue weighted by atomic mass is 19.1. The zero-order valence-electron chi connectivity index (χ0n) is 12.7. The van der Waals surface area contributed by atoms with E-state index in [1.165, 1.54) is 19.2 Å². The van der Waals surface area contributed by atoms with Gasteiger partial charge in [0.1, 0.15) is 11.4 Å². The average Bonchev–Trinajstić information content (AvgIpc) is 2.43. The number of carbonyl (C=O) groups excluding carboxylic acids is 1. The van der Waals surface area contributed by atoms with Gasteiger partial charge >= 0.3 is 5.97 Å². The summed E-state index contributed by atoms with van der Waals surface area (Å²) in [6, 6.07) is 6.42. The molecule has 0 aliphatic heterocycles. The predicted molar refractivity (Wildman–Crippen MR) is 77.9 cm³/mol. The largest absolute Gasteiger partial charge is 0.468 e. The van der Waals surface area contributed by atoms with E-state index in [-0.39, 0.29) is 17.8 Å². The van der Waals surface area contributed by atoms with Crippen molar-refractivity contribution in [2.24, 2.45) is 0 Å². The van der Waals surface area contributed by atoms with Gasteiger partial charge < -0.3 is 4.74 Å². The first-order chi connectivity index (χ1) is 9.40. The van der Waals surface area contributed by atoms with Crippen LogP contribution in [0, 0.1) is 5.82 Å². The van der Waals surface area contributed by atoms with Gasteiger partial charge in [-0.2, -0.15) is 0 Å². The minimum atomic E-state index is -0.776. The lowest BCUT2D eigenvalue weighted by molar-refractivity contribution is -0.147. The van der Waals surface area contributed by atoms with Crippen molar-refractivity contribution in [3.8, 4) is 0 Å². The first-order valence-corrected chi connectivity index (χ1v) is 7.02. The van der Waals surface area contributed by atoms with E-state index in [1.54, 1.807) is 26.0 Å². The summed E-state index contributed by atoms with van der Waals surface area (Å²) in [5, 5.41) is 3.32. The Morgan fingerprint density at radius 1 is 1.35 bits per heavy atom. The van der Waals surface area contributed by atoms with Crippen LogP contribution in [0.25, 0.3) is 0 Å². The summed E-state index contributed by atoms with van der Waals surface area (Å²) < 4.78 is 17.8. The molecular weight excluding hydrogens is 257 g/mol. The molecule has 0 radical (unpaired) electrons. The first-order valence-electron chi connectivity index (χ1n) is 7.02. The second kappa shape index (κ2) is 7.39. The molecule has 4 heteroatoms. The fourth-order valence-corrected chi connectivity index (χ4v) is 2.18. The molecule has 1 atom stereocenters. The molecular formula is C16H24FNO2. The van der Waals surface area contributed by atoms with E-state index >= 15 is 0 Å². The Morgan fingerprint density at radius 2 is 1.95 bits per heavy atom. The van der Waals surface area contributed by atoms with Crippen LogP contribution in [0.4, 0.5) is 4.39 Å². The Balaban J connectivity index is 2.89. The first kappa shape index (κ1) is 16.6. The molecule has 1 aromatic carbocycles. The van der Waals surface area contributed by atoms with Gasteiger partial charge in [-0.1, -0.05) is 31.9 Å². The Morgan fingerprint density at radius 3 is 2.45 bits per heavy atom. The van der Waals surface area contributed by atoms with Crippen molar-refractivity contribution in [1.82, 2.24) is 5.32 Å². The molecule has 20 heavy (non-hydrogen) atoms. The van der Waals surface area contributed by atoms with Gasteiger partial charge in [-0.15, -0.1) is 0 Å². The van der Waals surface area contributed by atoms with Crippen LogP contribution < -0.4 is 5.32 Å². The molecule has 0 heterocycles. The summed E-state index contributed by atoms with van der Waals surface area (Å²) in [5.41, 5.74) is 0.207.